The van der Waals surface area contributed by atoms with Crippen molar-refractivity contribution in [2.75, 3.05) is 13.2 Å². The van der Waals surface area contributed by atoms with Crippen LogP contribution in [0.15, 0.2) is 36.7 Å². The molecule has 0 aliphatic carbocycles. The van der Waals surface area contributed by atoms with E-state index in [1.54, 1.807) is 24.5 Å². The molecule has 0 amide bonds. The second-order valence-corrected chi connectivity index (χ2v) is 8.73. The van der Waals surface area contributed by atoms with E-state index in [2.05, 4.69) is 16.9 Å². The van der Waals surface area contributed by atoms with Crippen molar-refractivity contribution >= 4 is 5.97 Å². The monoisotopic (exact) mass is 494 g/mol. The highest BCUT2D eigenvalue weighted by atomic mass is 19.4. The minimum absolute atomic E-state index is 0.0205. The third kappa shape index (κ3) is 10.8. The Bertz CT molecular complexity index is 855. The minimum Gasteiger partial charge on any atom is -0.447 e. The van der Waals surface area contributed by atoms with Crippen molar-refractivity contribution in [1.29, 1.82) is 0 Å². The molecule has 0 aliphatic heterocycles. The summed E-state index contributed by atoms with van der Waals surface area (Å²) in [4.78, 5) is 21.1. The van der Waals surface area contributed by atoms with Crippen molar-refractivity contribution in [2.24, 2.45) is 0 Å². The number of aryl methyl sites for hydroxylation is 1. The van der Waals surface area contributed by atoms with Crippen LogP contribution in [0.4, 0.5) is 13.2 Å². The van der Waals surface area contributed by atoms with E-state index < -0.39 is 24.9 Å². The van der Waals surface area contributed by atoms with Gasteiger partial charge in [0.05, 0.1) is 12.2 Å². The molecule has 1 aromatic carbocycles. The van der Waals surface area contributed by atoms with Gasteiger partial charge in [-0.3, -0.25) is 0 Å². The summed E-state index contributed by atoms with van der Waals surface area (Å²) in [5, 5.41) is 0. The number of carbonyl (C=O) groups is 1. The molecule has 1 heterocycles. The van der Waals surface area contributed by atoms with E-state index in [0.717, 1.165) is 24.8 Å². The van der Waals surface area contributed by atoms with E-state index in [1.165, 1.54) is 50.7 Å². The Labute approximate surface area is 206 Å². The Hall–Kier alpha value is -2.48. The largest absolute Gasteiger partial charge is 0.447 e. The molecule has 0 N–H and O–H groups in total. The zero-order valence-corrected chi connectivity index (χ0v) is 20.8. The van der Waals surface area contributed by atoms with Crippen molar-refractivity contribution in [1.82, 2.24) is 9.97 Å². The smallest absolute Gasteiger partial charge is 0.427 e. The quantitative estimate of drug-likeness (QED) is 0.180. The normalized spacial score (nSPS) is 12.5. The number of carbonyl (C=O) groups excluding carboxylic acids is 1. The van der Waals surface area contributed by atoms with Gasteiger partial charge in [-0.25, -0.2) is 14.8 Å². The van der Waals surface area contributed by atoms with Gasteiger partial charge in [-0.2, -0.15) is 13.2 Å². The molecule has 1 atom stereocenters. The van der Waals surface area contributed by atoms with E-state index >= 15 is 0 Å². The molecular weight excluding hydrogens is 457 g/mol. The fourth-order valence-electron chi connectivity index (χ4n) is 3.50. The summed E-state index contributed by atoms with van der Waals surface area (Å²) < 4.78 is 49.4. The number of aromatic nitrogens is 2. The molecule has 1 aromatic heterocycles. The number of alkyl halides is 3. The molecule has 0 saturated heterocycles. The van der Waals surface area contributed by atoms with Gasteiger partial charge in [-0.15, -0.1) is 0 Å². The second kappa shape index (κ2) is 15.5. The number of hydrogen-bond donors (Lipinski definition) is 0. The molecule has 2 aromatic rings. The molecule has 0 fully saturated rings. The first-order valence-corrected chi connectivity index (χ1v) is 12.6. The van der Waals surface area contributed by atoms with Crippen molar-refractivity contribution in [2.45, 2.75) is 90.3 Å². The molecule has 0 spiro atoms. The van der Waals surface area contributed by atoms with Gasteiger partial charge >= 0.3 is 12.1 Å². The molecule has 0 aliphatic rings. The lowest BCUT2D eigenvalue weighted by Crippen LogP contribution is -2.38. The van der Waals surface area contributed by atoms with Crippen LogP contribution in [-0.4, -0.2) is 41.4 Å². The van der Waals surface area contributed by atoms with Crippen LogP contribution in [0.3, 0.4) is 0 Å². The van der Waals surface area contributed by atoms with Gasteiger partial charge in [0.2, 0.25) is 6.10 Å². The Morgan fingerprint density at radius 3 is 2.09 bits per heavy atom. The Kier molecular flexibility index (Phi) is 12.7. The van der Waals surface area contributed by atoms with Crippen molar-refractivity contribution < 1.29 is 27.4 Å². The molecule has 1 unspecified atom stereocenters. The predicted octanol–water partition coefficient (Wildman–Crippen LogP) is 7.34. The van der Waals surface area contributed by atoms with Gasteiger partial charge in [-0.05, 0) is 37.0 Å². The van der Waals surface area contributed by atoms with Crippen molar-refractivity contribution in [3.63, 3.8) is 0 Å². The number of benzene rings is 1. The van der Waals surface area contributed by atoms with Crippen LogP contribution in [0, 0.1) is 0 Å². The maximum absolute atomic E-state index is 13.2. The van der Waals surface area contributed by atoms with Crippen LogP contribution >= 0.6 is 0 Å². The predicted molar refractivity (Wildman–Crippen MR) is 130 cm³/mol. The van der Waals surface area contributed by atoms with E-state index in [9.17, 15) is 18.0 Å². The second-order valence-electron chi connectivity index (χ2n) is 8.73. The van der Waals surface area contributed by atoms with Gasteiger partial charge in [0, 0.05) is 24.6 Å². The van der Waals surface area contributed by atoms with Crippen LogP contribution in [0.1, 0.15) is 87.6 Å². The topological polar surface area (TPSA) is 61.3 Å². The lowest BCUT2D eigenvalue weighted by molar-refractivity contribution is -0.217. The SMILES string of the molecule is CCCCCCCCCc1cnc(-c2ccc(C(=O)OC(COCCCC)C(F)(F)F)cc2)nc1. The number of nitrogens with zero attached hydrogens (tertiary/aromatic N) is 2. The van der Waals surface area contributed by atoms with Gasteiger partial charge in [0.1, 0.15) is 0 Å². The Morgan fingerprint density at radius 1 is 0.886 bits per heavy atom. The average molecular weight is 495 g/mol. The summed E-state index contributed by atoms with van der Waals surface area (Å²) in [5.74, 6) is -0.561. The van der Waals surface area contributed by atoms with Crippen LogP contribution < -0.4 is 0 Å². The highest BCUT2D eigenvalue weighted by Crippen LogP contribution is 2.25. The molecule has 8 heteroatoms. The van der Waals surface area contributed by atoms with Gasteiger partial charge in [0.15, 0.2) is 5.82 Å². The number of halogens is 3. The van der Waals surface area contributed by atoms with Gasteiger partial charge < -0.3 is 9.47 Å². The molecule has 0 saturated carbocycles. The first kappa shape index (κ1) is 28.8. The summed E-state index contributed by atoms with van der Waals surface area (Å²) in [6.45, 7) is 3.59. The lowest BCUT2D eigenvalue weighted by Gasteiger charge is -2.20. The molecule has 194 valence electrons. The van der Waals surface area contributed by atoms with Gasteiger partial charge in [0.25, 0.3) is 0 Å². The minimum atomic E-state index is -4.70. The summed E-state index contributed by atoms with van der Waals surface area (Å²) in [7, 11) is 0. The van der Waals surface area contributed by atoms with E-state index in [0.29, 0.717) is 17.8 Å². The summed E-state index contributed by atoms with van der Waals surface area (Å²) in [6, 6.07) is 6.03. The number of hydrogen-bond acceptors (Lipinski definition) is 5. The summed E-state index contributed by atoms with van der Waals surface area (Å²) >= 11 is 0. The maximum atomic E-state index is 13.2. The van der Waals surface area contributed by atoms with Gasteiger partial charge in [-0.1, -0.05) is 70.9 Å². The Morgan fingerprint density at radius 2 is 1.49 bits per heavy atom. The Balaban J connectivity index is 1.86. The standard InChI is InChI=1S/C27H37F3N2O3/c1-3-5-7-8-9-10-11-12-21-18-31-25(32-19-21)22-13-15-23(16-14-22)26(33)35-24(27(28,29)30)20-34-17-6-4-2/h13-16,18-19,24H,3-12,17,20H2,1-2H3. The van der Waals surface area contributed by atoms with E-state index in [-0.39, 0.29) is 12.2 Å². The number of ether oxygens (including phenoxy) is 2. The number of rotatable bonds is 16. The number of esters is 1. The highest BCUT2D eigenvalue weighted by Gasteiger charge is 2.43. The summed E-state index contributed by atoms with van der Waals surface area (Å²) in [6.07, 6.45) is 7.67. The first-order valence-electron chi connectivity index (χ1n) is 12.6. The average Bonchev–Trinajstić information content (AvgIpc) is 2.85. The van der Waals surface area contributed by atoms with Crippen molar-refractivity contribution in [3.8, 4) is 11.4 Å². The highest BCUT2D eigenvalue weighted by molar-refractivity contribution is 5.90. The third-order valence-electron chi connectivity index (χ3n) is 5.68. The van der Waals surface area contributed by atoms with Crippen LogP contribution in [-0.2, 0) is 15.9 Å². The molecule has 0 radical (unpaired) electrons. The van der Waals surface area contributed by atoms with Crippen molar-refractivity contribution in [3.05, 3.63) is 47.8 Å². The zero-order valence-electron chi connectivity index (χ0n) is 20.8. The third-order valence-corrected chi connectivity index (χ3v) is 5.68. The molecule has 35 heavy (non-hydrogen) atoms. The van der Waals surface area contributed by atoms with Crippen LogP contribution in [0.25, 0.3) is 11.4 Å². The van der Waals surface area contributed by atoms with E-state index in [4.69, 9.17) is 9.47 Å². The summed E-state index contributed by atoms with van der Waals surface area (Å²) in [5.41, 5.74) is 1.76. The molecule has 2 rings (SSSR count). The van der Waals surface area contributed by atoms with Crippen LogP contribution in [0.2, 0.25) is 0 Å². The van der Waals surface area contributed by atoms with E-state index in [1.807, 2.05) is 6.92 Å². The van der Waals surface area contributed by atoms with Crippen LogP contribution in [0.5, 0.6) is 0 Å². The lowest BCUT2D eigenvalue weighted by atomic mass is 10.1. The fraction of sp³-hybridized carbons (Fsp3) is 0.593. The maximum Gasteiger partial charge on any atom is 0.427 e. The number of unbranched alkanes of at least 4 members (excludes halogenated alkanes) is 7. The molecule has 5 nitrogen and oxygen atoms in total. The zero-order chi connectivity index (χ0) is 25.5. The fourth-order valence-corrected chi connectivity index (χ4v) is 3.50. The first-order chi connectivity index (χ1) is 16.8. The molecular formula is C27H37F3N2O3. The molecule has 0 bridgehead atoms.